The van der Waals surface area contributed by atoms with E-state index in [1.54, 1.807) is 57.0 Å². The zero-order valence-electron chi connectivity index (χ0n) is 30.2. The fourth-order valence-corrected chi connectivity index (χ4v) is 7.65. The van der Waals surface area contributed by atoms with Crippen molar-refractivity contribution < 1.29 is 54.8 Å². The number of alkyl carbamates (subject to hydrolysis) is 1. The Hall–Kier alpha value is -4.32. The van der Waals surface area contributed by atoms with Crippen LogP contribution in [0, 0.1) is 5.92 Å². The van der Waals surface area contributed by atoms with Gasteiger partial charge in [0.1, 0.15) is 41.7 Å². The van der Waals surface area contributed by atoms with Gasteiger partial charge in [-0.1, -0.05) is 32.1 Å². The molecule has 2 aromatic rings. The second kappa shape index (κ2) is 16.4. The lowest BCUT2D eigenvalue weighted by atomic mass is 10.0. The maximum absolute atomic E-state index is 14.4. The molecule has 0 bridgehead atoms. The lowest BCUT2D eigenvalue weighted by Crippen LogP contribution is -2.58. The summed E-state index contributed by atoms with van der Waals surface area (Å²) in [6, 6.07) is 4.83. The maximum atomic E-state index is 14.4. The molecule has 292 valence electrons. The fourth-order valence-electron chi connectivity index (χ4n) is 6.90. The van der Waals surface area contributed by atoms with Crippen LogP contribution in [0.5, 0.6) is 11.6 Å². The molecule has 1 aliphatic carbocycles. The van der Waals surface area contributed by atoms with Crippen LogP contribution in [0.4, 0.5) is 13.6 Å². The van der Waals surface area contributed by atoms with Gasteiger partial charge in [0.15, 0.2) is 0 Å². The topological polar surface area (TPSA) is 192 Å². The van der Waals surface area contributed by atoms with Crippen LogP contribution in [-0.4, -0.2) is 98.1 Å². The number of amides is 4. The zero-order chi connectivity index (χ0) is 38.6. The molecule has 18 heteroatoms. The average molecular weight is 768 g/mol. The smallest absolute Gasteiger partial charge is 0.408 e. The molecule has 1 aromatic heterocycles. The molecule has 15 nitrogen and oxygen atoms in total. The van der Waals surface area contributed by atoms with E-state index in [2.05, 4.69) is 19.8 Å². The van der Waals surface area contributed by atoms with Crippen molar-refractivity contribution in [2.45, 2.75) is 114 Å². The van der Waals surface area contributed by atoms with Gasteiger partial charge in [-0.3, -0.25) is 14.4 Å². The minimum absolute atomic E-state index is 0.0386. The lowest BCUT2D eigenvalue weighted by Gasteiger charge is -2.30. The fraction of sp³-hybridized carbons (Fsp3) is 0.629. The van der Waals surface area contributed by atoms with E-state index in [1.165, 1.54) is 4.90 Å². The predicted molar refractivity (Wildman–Crippen MR) is 186 cm³/mol. The SMILES string of the molecule is COc1ccc2c(O[C@@H]3C[C@H]4C(=O)N[C@]5(C(=O)NS(=O)(=O)OCC(F)F)C[C@H]5CCCCCCC[C@H](NC(=O)OC(C)(C)C)C(=O)N4C3)nccc2c1. The molecule has 2 aliphatic heterocycles. The highest BCUT2D eigenvalue weighted by Gasteiger charge is 2.62. The molecule has 1 saturated carbocycles. The van der Waals surface area contributed by atoms with Gasteiger partial charge in [0.2, 0.25) is 17.7 Å². The van der Waals surface area contributed by atoms with E-state index in [1.807, 2.05) is 6.07 Å². The van der Waals surface area contributed by atoms with E-state index in [0.717, 1.165) is 24.6 Å². The Morgan fingerprint density at radius 3 is 2.51 bits per heavy atom. The Morgan fingerprint density at radius 2 is 1.81 bits per heavy atom. The summed E-state index contributed by atoms with van der Waals surface area (Å²) in [7, 11) is -3.38. The highest BCUT2D eigenvalue weighted by atomic mass is 32.2. The maximum Gasteiger partial charge on any atom is 0.408 e. The van der Waals surface area contributed by atoms with Gasteiger partial charge in [-0.05, 0) is 75.6 Å². The van der Waals surface area contributed by atoms with Crippen molar-refractivity contribution in [1.29, 1.82) is 0 Å². The van der Waals surface area contributed by atoms with Gasteiger partial charge in [-0.15, -0.1) is 0 Å². The lowest BCUT2D eigenvalue weighted by molar-refractivity contribution is -0.141. The number of carbonyl (C=O) groups excluding carboxylic acids is 4. The predicted octanol–water partition coefficient (Wildman–Crippen LogP) is 3.75. The number of alkyl halides is 2. The van der Waals surface area contributed by atoms with Gasteiger partial charge in [-0.25, -0.2) is 27.5 Å². The summed E-state index contributed by atoms with van der Waals surface area (Å²) >= 11 is 0. The van der Waals surface area contributed by atoms with Crippen molar-refractivity contribution in [3.63, 3.8) is 0 Å². The molecule has 0 spiro atoms. The molecule has 5 atom stereocenters. The van der Waals surface area contributed by atoms with Crippen molar-refractivity contribution in [2.24, 2.45) is 5.92 Å². The molecule has 3 heterocycles. The molecule has 3 fully saturated rings. The molecule has 3 N–H and O–H groups in total. The summed E-state index contributed by atoms with van der Waals surface area (Å²) in [5.41, 5.74) is -2.54. The molecule has 4 amide bonds. The van der Waals surface area contributed by atoms with Crippen LogP contribution in [0.2, 0.25) is 0 Å². The van der Waals surface area contributed by atoms with Crippen molar-refractivity contribution >= 4 is 44.9 Å². The van der Waals surface area contributed by atoms with Crippen LogP contribution in [0.25, 0.3) is 10.8 Å². The highest BCUT2D eigenvalue weighted by molar-refractivity contribution is 7.85. The van der Waals surface area contributed by atoms with Crippen molar-refractivity contribution in [2.75, 3.05) is 20.3 Å². The third kappa shape index (κ3) is 10.2. The molecule has 0 radical (unpaired) electrons. The normalized spacial score (nSPS) is 25.7. The first kappa shape index (κ1) is 39.9. The first-order valence-corrected chi connectivity index (χ1v) is 19.1. The van der Waals surface area contributed by atoms with Gasteiger partial charge >= 0.3 is 16.4 Å². The van der Waals surface area contributed by atoms with Gasteiger partial charge in [0.25, 0.3) is 12.3 Å². The van der Waals surface area contributed by atoms with Crippen LogP contribution >= 0.6 is 0 Å². The number of rotatable bonds is 9. The van der Waals surface area contributed by atoms with Crippen LogP contribution in [0.15, 0.2) is 30.5 Å². The second-order valence-electron chi connectivity index (χ2n) is 14.7. The molecule has 0 unspecified atom stereocenters. The number of hydrogen-bond acceptors (Lipinski definition) is 11. The van der Waals surface area contributed by atoms with Crippen molar-refractivity contribution in [1.82, 2.24) is 25.2 Å². The molecule has 53 heavy (non-hydrogen) atoms. The second-order valence-corrected chi connectivity index (χ2v) is 16.0. The largest absolute Gasteiger partial charge is 0.497 e. The number of benzene rings is 1. The Bertz CT molecular complexity index is 1790. The molecule has 2 saturated heterocycles. The molecule has 3 aliphatic rings. The Labute approximate surface area is 307 Å². The Morgan fingerprint density at radius 1 is 1.09 bits per heavy atom. The average Bonchev–Trinajstić information content (AvgIpc) is 3.61. The first-order chi connectivity index (χ1) is 25.0. The number of methoxy groups -OCH3 is 1. The van der Waals surface area contributed by atoms with E-state index in [4.69, 9.17) is 14.2 Å². The summed E-state index contributed by atoms with van der Waals surface area (Å²) in [6.07, 6.45) is 1.22. The number of nitrogens with one attached hydrogen (secondary N) is 3. The van der Waals surface area contributed by atoms with Gasteiger partial charge in [0, 0.05) is 18.0 Å². The Balaban J connectivity index is 1.45. The Kier molecular flexibility index (Phi) is 12.3. The number of fused-ring (bicyclic) bond motifs is 3. The molecule has 5 rings (SSSR count). The highest BCUT2D eigenvalue weighted by Crippen LogP contribution is 2.48. The molecular formula is C35H47F2N5O10S. The van der Waals surface area contributed by atoms with Crippen LogP contribution < -0.4 is 24.8 Å². The summed E-state index contributed by atoms with van der Waals surface area (Å²) in [5.74, 6) is -2.04. The first-order valence-electron chi connectivity index (χ1n) is 17.7. The quantitative estimate of drug-likeness (QED) is 0.337. The minimum Gasteiger partial charge on any atom is -0.497 e. The van der Waals surface area contributed by atoms with E-state index in [-0.39, 0.29) is 31.7 Å². The minimum atomic E-state index is -4.93. The van der Waals surface area contributed by atoms with Crippen LogP contribution in [0.3, 0.4) is 0 Å². The molecule has 1 aromatic carbocycles. The summed E-state index contributed by atoms with van der Waals surface area (Å²) in [4.78, 5) is 60.7. The van der Waals surface area contributed by atoms with Crippen LogP contribution in [-0.2, 0) is 33.6 Å². The summed E-state index contributed by atoms with van der Waals surface area (Å²) in [5, 5.41) is 6.84. The number of halogens is 2. The van der Waals surface area contributed by atoms with E-state index in [9.17, 15) is 36.4 Å². The number of ether oxygens (including phenoxy) is 3. The summed E-state index contributed by atoms with van der Waals surface area (Å²) in [6.45, 7) is 3.54. The number of nitrogens with zero attached hydrogens (tertiary/aromatic N) is 2. The number of carbonyl (C=O) groups is 4. The van der Waals surface area contributed by atoms with Gasteiger partial charge < -0.3 is 29.7 Å². The van der Waals surface area contributed by atoms with Crippen molar-refractivity contribution in [3.05, 3.63) is 30.5 Å². The van der Waals surface area contributed by atoms with E-state index < -0.39 is 82.4 Å². The van der Waals surface area contributed by atoms with E-state index >= 15 is 0 Å². The van der Waals surface area contributed by atoms with Gasteiger partial charge in [-0.2, -0.15) is 8.42 Å². The molecular weight excluding hydrogens is 720 g/mol. The number of hydrogen-bond donors (Lipinski definition) is 3. The standard InChI is InChI=1S/C35H47F2N5O10S/c1-34(2,3)52-33(46)39-26-11-9-7-5-6-8-10-22-18-35(22,32(45)41-53(47,48)50-20-28(36)37)40-29(43)27-17-24(19-42(27)31(26)44)51-30-25-13-12-23(49-4)16-21(25)14-15-38-30/h12-16,22,24,26-28H,5-11,17-20H2,1-4H3,(H,39,46)(H,40,43)(H,41,45)/t22-,24-,26+,27+,35-/m1/s1. The summed E-state index contributed by atoms with van der Waals surface area (Å²) < 4.78 is 73.2. The van der Waals surface area contributed by atoms with Gasteiger partial charge in [0.05, 0.1) is 13.7 Å². The number of pyridine rings is 1. The third-order valence-corrected chi connectivity index (χ3v) is 10.4. The van der Waals surface area contributed by atoms with Crippen LogP contribution in [0.1, 0.15) is 78.6 Å². The number of aromatic nitrogens is 1. The zero-order valence-corrected chi connectivity index (χ0v) is 31.0. The monoisotopic (exact) mass is 767 g/mol. The third-order valence-electron chi connectivity index (χ3n) is 9.52. The van der Waals surface area contributed by atoms with E-state index in [0.29, 0.717) is 30.4 Å². The van der Waals surface area contributed by atoms with Crippen molar-refractivity contribution in [3.8, 4) is 11.6 Å².